The van der Waals surface area contributed by atoms with Crippen molar-refractivity contribution >= 4 is 50.6 Å². The van der Waals surface area contributed by atoms with Crippen LogP contribution in [0.4, 0.5) is 4.79 Å². The first-order valence-corrected chi connectivity index (χ1v) is 30.3. The third-order valence-electron chi connectivity index (χ3n) is 15.6. The van der Waals surface area contributed by atoms with E-state index in [1.165, 1.54) is 16.9 Å². The molecule has 0 spiro atoms. The van der Waals surface area contributed by atoms with E-state index in [-0.39, 0.29) is 23.3 Å². The number of pyridine rings is 2. The van der Waals surface area contributed by atoms with Gasteiger partial charge in [-0.1, -0.05) is 12.1 Å². The van der Waals surface area contributed by atoms with Crippen LogP contribution < -0.4 is 44.9 Å². The van der Waals surface area contributed by atoms with E-state index < -0.39 is 5.60 Å². The molecular formula is C63H72N8O10S2. The average molecular weight is 1170 g/mol. The zero-order valence-electron chi connectivity index (χ0n) is 47.8. The van der Waals surface area contributed by atoms with Gasteiger partial charge >= 0.3 is 6.09 Å². The maximum Gasteiger partial charge on any atom is 0.410 e. The predicted molar refractivity (Wildman–Crippen MR) is 324 cm³/mol. The summed E-state index contributed by atoms with van der Waals surface area (Å²) in [6.45, 7) is 15.5. The summed E-state index contributed by atoms with van der Waals surface area (Å²) in [5.41, 5.74) is 4.94. The van der Waals surface area contributed by atoms with E-state index in [1.807, 2.05) is 106 Å². The molecule has 4 aromatic carbocycles. The van der Waals surface area contributed by atoms with Crippen molar-refractivity contribution in [2.75, 3.05) is 79.9 Å². The lowest BCUT2D eigenvalue weighted by molar-refractivity contribution is 0.00561. The fraction of sp³-hybridized carbons (Fsp3) is 0.413. The number of rotatable bonds is 16. The monoisotopic (exact) mass is 1160 g/mol. The highest BCUT2D eigenvalue weighted by Crippen LogP contribution is 2.36. The number of likely N-dealkylation sites (tertiary alicyclic amines) is 2. The molecule has 4 aliphatic heterocycles. The first kappa shape index (κ1) is 57.3. The Balaban J connectivity index is 0.000000176. The third-order valence-corrected chi connectivity index (χ3v) is 17.2. The van der Waals surface area contributed by atoms with E-state index in [0.717, 1.165) is 136 Å². The fourth-order valence-electron chi connectivity index (χ4n) is 11.3. The lowest BCUT2D eigenvalue weighted by atomic mass is 10.0. The van der Waals surface area contributed by atoms with Crippen molar-refractivity contribution in [3.63, 3.8) is 0 Å². The molecule has 1 amide bonds. The molecule has 0 bridgehead atoms. The van der Waals surface area contributed by atoms with Crippen LogP contribution in [-0.4, -0.2) is 137 Å². The molecule has 2 fully saturated rings. The smallest absolute Gasteiger partial charge is 0.410 e. The molecule has 12 rings (SSSR count). The van der Waals surface area contributed by atoms with Gasteiger partial charge < -0.3 is 62.3 Å². The molecule has 83 heavy (non-hydrogen) atoms. The molecule has 0 unspecified atom stereocenters. The standard InChI is InChI=1S/C34H40N4O6S.C29H32N4O4S/c1-34(2,3)44-33(40)38(22-23-5-8-29-30(19-23)43-17-16-42-29)24-9-12-36(13-10-24)14-15-37-28-20-25(41-4)6-7-26(28)27(21-31(37)39)32-35-11-18-45-32;1-35-22-3-4-23-24(29-30-8-15-38-29)18-28(34)33(25(23)17-22)12-11-32-9-6-21(7-10-32)31-19-20-2-5-26-27(16-20)37-14-13-36-26/h5-8,11,18-21,24H,9-10,12-17,22H2,1-4H3;2-5,8,15-18,21,31H,6-7,9-14,19H2,1H3. The van der Waals surface area contributed by atoms with Crippen LogP contribution in [0, 0.1) is 0 Å². The van der Waals surface area contributed by atoms with E-state index in [4.69, 9.17) is 33.2 Å². The number of thiazole rings is 2. The van der Waals surface area contributed by atoms with Crippen LogP contribution in [0.2, 0.25) is 0 Å². The lowest BCUT2D eigenvalue weighted by Crippen LogP contribution is -2.49. The number of amides is 1. The van der Waals surface area contributed by atoms with E-state index in [1.54, 1.807) is 50.1 Å². The molecule has 1 N–H and O–H groups in total. The first-order valence-electron chi connectivity index (χ1n) is 28.5. The normalized spacial score (nSPS) is 15.9. The number of carbonyl (C=O) groups excluding carboxylic acids is 1. The number of carbonyl (C=O) groups is 1. The molecule has 436 valence electrons. The van der Waals surface area contributed by atoms with Crippen LogP contribution in [0.5, 0.6) is 34.5 Å². The van der Waals surface area contributed by atoms with Crippen molar-refractivity contribution < 1.29 is 38.0 Å². The Bertz CT molecular complexity index is 3640. The molecule has 20 heteroatoms. The predicted octanol–water partition coefficient (Wildman–Crippen LogP) is 9.97. The van der Waals surface area contributed by atoms with Gasteiger partial charge in [-0.25, -0.2) is 14.8 Å². The van der Waals surface area contributed by atoms with Crippen molar-refractivity contribution in [1.29, 1.82) is 0 Å². The van der Waals surface area contributed by atoms with Gasteiger partial charge in [0.15, 0.2) is 23.0 Å². The molecule has 18 nitrogen and oxygen atoms in total. The highest BCUT2D eigenvalue weighted by Gasteiger charge is 2.32. The first-order chi connectivity index (χ1) is 40.4. The summed E-state index contributed by atoms with van der Waals surface area (Å²) in [4.78, 5) is 55.7. The highest BCUT2D eigenvalue weighted by molar-refractivity contribution is 7.13. The number of aromatic nitrogens is 4. The molecule has 8 aromatic rings. The third kappa shape index (κ3) is 13.8. The quantitative estimate of drug-likeness (QED) is 0.0968. The number of benzene rings is 4. The van der Waals surface area contributed by atoms with Crippen molar-refractivity contribution in [1.82, 2.24) is 39.1 Å². The molecule has 0 aliphatic carbocycles. The number of nitrogens with zero attached hydrogens (tertiary/aromatic N) is 7. The van der Waals surface area contributed by atoms with Crippen molar-refractivity contribution in [2.45, 2.75) is 90.3 Å². The van der Waals surface area contributed by atoms with E-state index in [9.17, 15) is 14.4 Å². The molecule has 0 saturated carbocycles. The SMILES string of the molecule is COc1ccc2c(-c3nccs3)cc(=O)n(CCN3CCC(N(Cc4ccc5c(c4)OCCO5)C(=O)OC(C)(C)C)CC3)c2c1.COc1ccc2c(-c3nccs3)cc(=O)n(CCN3CCC(NCc4ccc5c(c4)OCCO5)CC3)c2c1. The summed E-state index contributed by atoms with van der Waals surface area (Å²) in [6, 6.07) is 27.7. The number of methoxy groups -OCH3 is 2. The number of piperidine rings is 2. The molecule has 4 aromatic heterocycles. The van der Waals surface area contributed by atoms with Gasteiger partial charge in [0.25, 0.3) is 11.1 Å². The van der Waals surface area contributed by atoms with Crippen molar-refractivity contribution in [3.05, 3.63) is 140 Å². The summed E-state index contributed by atoms with van der Waals surface area (Å²) < 4.78 is 43.3. The Hall–Kier alpha value is -7.49. The van der Waals surface area contributed by atoms with Crippen LogP contribution in [0.1, 0.15) is 57.6 Å². The second kappa shape index (κ2) is 26.0. The van der Waals surface area contributed by atoms with Crippen LogP contribution in [-0.2, 0) is 30.9 Å². The summed E-state index contributed by atoms with van der Waals surface area (Å²) in [5.74, 6) is 4.55. The van der Waals surface area contributed by atoms with Gasteiger partial charge in [-0.15, -0.1) is 22.7 Å². The number of hydrogen-bond donors (Lipinski definition) is 1. The van der Waals surface area contributed by atoms with Gasteiger partial charge in [0.05, 0.1) is 25.3 Å². The van der Waals surface area contributed by atoms with Gasteiger partial charge in [-0.2, -0.15) is 0 Å². The Morgan fingerprint density at radius 1 is 0.614 bits per heavy atom. The molecule has 0 atom stereocenters. The molecule has 2 saturated heterocycles. The van der Waals surface area contributed by atoms with Gasteiger partial charge in [0.1, 0.15) is 53.5 Å². The number of fused-ring (bicyclic) bond motifs is 4. The van der Waals surface area contributed by atoms with E-state index in [2.05, 4.69) is 37.2 Å². The van der Waals surface area contributed by atoms with E-state index in [0.29, 0.717) is 70.1 Å². The minimum Gasteiger partial charge on any atom is -0.497 e. The van der Waals surface area contributed by atoms with Gasteiger partial charge in [0, 0.05) is 134 Å². The Kier molecular flexibility index (Phi) is 17.9. The maximum absolute atomic E-state index is 13.5. The van der Waals surface area contributed by atoms with Crippen molar-refractivity contribution in [2.24, 2.45) is 0 Å². The summed E-state index contributed by atoms with van der Waals surface area (Å²) in [6.07, 6.45) is 6.98. The number of nitrogens with one attached hydrogen (secondary N) is 1. The van der Waals surface area contributed by atoms with Crippen LogP contribution in [0.15, 0.2) is 118 Å². The van der Waals surface area contributed by atoms with Crippen LogP contribution in [0.3, 0.4) is 0 Å². The zero-order chi connectivity index (χ0) is 57.5. The summed E-state index contributed by atoms with van der Waals surface area (Å²) in [5, 5.41) is 11.2. The molecule has 0 radical (unpaired) electrons. The largest absolute Gasteiger partial charge is 0.497 e. The summed E-state index contributed by atoms with van der Waals surface area (Å²) in [7, 11) is 3.28. The number of hydrogen-bond acceptors (Lipinski definition) is 17. The Labute approximate surface area is 491 Å². The summed E-state index contributed by atoms with van der Waals surface area (Å²) >= 11 is 3.06. The van der Waals surface area contributed by atoms with Crippen LogP contribution >= 0.6 is 22.7 Å². The van der Waals surface area contributed by atoms with Gasteiger partial charge in [-0.05, 0) is 119 Å². The van der Waals surface area contributed by atoms with E-state index >= 15 is 0 Å². The van der Waals surface area contributed by atoms with Gasteiger partial charge in [-0.3, -0.25) is 9.59 Å². The molecular weight excluding hydrogens is 1090 g/mol. The lowest BCUT2D eigenvalue weighted by Gasteiger charge is -2.39. The molecule has 8 heterocycles. The molecule has 4 aliphatic rings. The minimum absolute atomic E-state index is 0.00747. The highest BCUT2D eigenvalue weighted by atomic mass is 32.1. The minimum atomic E-state index is -0.601. The van der Waals surface area contributed by atoms with Crippen LogP contribution in [0.25, 0.3) is 42.9 Å². The second-order valence-corrected chi connectivity index (χ2v) is 24.0. The number of ether oxygens (including phenoxy) is 7. The topological polar surface area (TPSA) is 173 Å². The Morgan fingerprint density at radius 2 is 1.10 bits per heavy atom. The maximum atomic E-state index is 13.5. The Morgan fingerprint density at radius 3 is 1.58 bits per heavy atom. The van der Waals surface area contributed by atoms with Gasteiger partial charge in [0.2, 0.25) is 0 Å². The average Bonchev–Trinajstić information content (AvgIpc) is 4.47. The second-order valence-electron chi connectivity index (χ2n) is 22.2. The van der Waals surface area contributed by atoms with Crippen molar-refractivity contribution in [3.8, 4) is 55.6 Å². The fourth-order valence-corrected chi connectivity index (χ4v) is 12.6. The zero-order valence-corrected chi connectivity index (χ0v) is 49.4.